The molecule has 1 saturated heterocycles. The molecule has 11 nitrogen and oxygen atoms in total. The highest BCUT2D eigenvalue weighted by atomic mass is 35.7. The second-order valence-electron chi connectivity index (χ2n) is 4.31. The Morgan fingerprint density at radius 3 is 1.50 bits per heavy atom. The molecule has 0 aromatic carbocycles. The predicted octanol–water partition coefficient (Wildman–Crippen LogP) is -0.0160. The molecule has 1 aliphatic heterocycles. The summed E-state index contributed by atoms with van der Waals surface area (Å²) in [6.45, 7) is 1.25. The molecule has 1 fully saturated rings. The number of ether oxygens (including phenoxy) is 2. The molecule has 1 heterocycles. The van der Waals surface area contributed by atoms with Crippen molar-refractivity contribution >= 4 is 60.0 Å². The van der Waals surface area contributed by atoms with E-state index in [1.54, 1.807) is 0 Å². The fourth-order valence-electron chi connectivity index (χ4n) is 1.91. The van der Waals surface area contributed by atoms with E-state index >= 15 is 0 Å². The van der Waals surface area contributed by atoms with Gasteiger partial charge in [-0.1, -0.05) is 0 Å². The molecule has 1 aliphatic rings. The number of methoxy groups -OCH3 is 1. The Kier molecular flexibility index (Phi) is 7.56. The van der Waals surface area contributed by atoms with Crippen molar-refractivity contribution in [3.05, 3.63) is 0 Å². The summed E-state index contributed by atoms with van der Waals surface area (Å²) in [6.07, 6.45) is -8.29. The molecule has 17 heteroatoms. The second-order valence-corrected chi connectivity index (χ2v) is 10.6. The minimum atomic E-state index is -4.73. The van der Waals surface area contributed by atoms with Gasteiger partial charge >= 0.3 is 28.0 Å². The van der Waals surface area contributed by atoms with Gasteiger partial charge in [0.2, 0.25) is 0 Å². The SMILES string of the molecule is CO[C@@H]1O[C@@H](C)[C@@H](OS(=O)(=O)Cl)[C@@H](OS(=O)(=O)Cl)[C@@H]1OS(=O)(=O)Cl. The molecular formula is C7H11Cl3O11S3. The predicted molar refractivity (Wildman–Crippen MR) is 80.3 cm³/mol. The maximum absolute atomic E-state index is 11.2. The molecule has 0 aromatic rings. The summed E-state index contributed by atoms with van der Waals surface area (Å²) in [5.41, 5.74) is 0. The Morgan fingerprint density at radius 1 is 0.750 bits per heavy atom. The second kappa shape index (κ2) is 8.04. The van der Waals surface area contributed by atoms with E-state index in [0.29, 0.717) is 0 Å². The van der Waals surface area contributed by atoms with Gasteiger partial charge in [-0.15, -0.1) is 0 Å². The fraction of sp³-hybridized carbons (Fsp3) is 1.00. The molecule has 24 heavy (non-hydrogen) atoms. The lowest BCUT2D eigenvalue weighted by Gasteiger charge is -2.41. The van der Waals surface area contributed by atoms with Crippen LogP contribution in [0.25, 0.3) is 0 Å². The van der Waals surface area contributed by atoms with E-state index in [1.807, 2.05) is 0 Å². The van der Waals surface area contributed by atoms with Gasteiger partial charge in [0.25, 0.3) is 0 Å². The number of hydrogen-bond acceptors (Lipinski definition) is 11. The van der Waals surface area contributed by atoms with Crippen LogP contribution >= 0.6 is 32.0 Å². The Balaban J connectivity index is 3.35. The van der Waals surface area contributed by atoms with E-state index in [9.17, 15) is 25.3 Å². The third-order valence-corrected chi connectivity index (χ3v) is 4.65. The molecule has 5 atom stereocenters. The van der Waals surface area contributed by atoms with Crippen LogP contribution in [-0.2, 0) is 50.0 Å². The Bertz CT molecular complexity index is 748. The quantitative estimate of drug-likeness (QED) is 0.459. The summed E-state index contributed by atoms with van der Waals surface area (Å²) >= 11 is 0. The monoisotopic (exact) mass is 472 g/mol. The van der Waals surface area contributed by atoms with Gasteiger partial charge in [0.05, 0.1) is 6.10 Å². The van der Waals surface area contributed by atoms with Crippen molar-refractivity contribution in [2.75, 3.05) is 7.11 Å². The highest BCUT2D eigenvalue weighted by molar-refractivity contribution is 8.10. The van der Waals surface area contributed by atoms with Crippen LogP contribution in [0.2, 0.25) is 0 Å². The van der Waals surface area contributed by atoms with Crippen LogP contribution in [-0.4, -0.2) is 63.1 Å². The average Bonchev–Trinajstić information content (AvgIpc) is 2.32. The van der Waals surface area contributed by atoms with Gasteiger partial charge in [-0.05, 0) is 6.92 Å². The first kappa shape index (κ1) is 22.6. The summed E-state index contributed by atoms with van der Waals surface area (Å²) in [6, 6.07) is 0. The van der Waals surface area contributed by atoms with Crippen molar-refractivity contribution in [3.8, 4) is 0 Å². The van der Waals surface area contributed by atoms with Crippen LogP contribution in [0.3, 0.4) is 0 Å². The molecule has 0 unspecified atom stereocenters. The zero-order valence-corrected chi connectivity index (χ0v) is 16.5. The van der Waals surface area contributed by atoms with Gasteiger partial charge in [-0.2, -0.15) is 25.3 Å². The van der Waals surface area contributed by atoms with E-state index in [1.165, 1.54) is 6.92 Å². The molecule has 0 aromatic heterocycles. The Morgan fingerprint density at radius 2 is 1.12 bits per heavy atom. The number of hydrogen-bond donors (Lipinski definition) is 0. The smallest absolute Gasteiger partial charge is 0.353 e. The van der Waals surface area contributed by atoms with Crippen LogP contribution < -0.4 is 0 Å². The number of halogens is 3. The molecule has 144 valence electrons. The first-order valence-corrected chi connectivity index (χ1v) is 12.4. The van der Waals surface area contributed by atoms with E-state index in [-0.39, 0.29) is 0 Å². The summed E-state index contributed by atoms with van der Waals surface area (Å²) in [4.78, 5) is 0. The third-order valence-electron chi connectivity index (χ3n) is 2.64. The van der Waals surface area contributed by atoms with Gasteiger partial charge in [0, 0.05) is 39.2 Å². The van der Waals surface area contributed by atoms with Crippen molar-refractivity contribution in [2.24, 2.45) is 0 Å². The van der Waals surface area contributed by atoms with Crippen LogP contribution in [0.4, 0.5) is 0 Å². The molecule has 0 aliphatic carbocycles. The Hall–Kier alpha value is 0.520. The fourth-order valence-corrected chi connectivity index (χ4v) is 4.14. The molecule has 0 amide bonds. The zero-order valence-electron chi connectivity index (χ0n) is 11.7. The van der Waals surface area contributed by atoms with Crippen molar-refractivity contribution in [1.29, 1.82) is 0 Å². The lowest BCUT2D eigenvalue weighted by atomic mass is 10.0. The standard InChI is InChI=1S/C7H11Cl3O11S3/c1-3-4(19-22(8,11)12)5(20-23(9,13)14)6(7(17-2)18-3)21-24(10,15)16/h3-7H,1-2H3/t3-,4+,5+,6-,7+/m0/s1. The maximum Gasteiger partial charge on any atom is 0.356 e. The molecule has 0 N–H and O–H groups in total. The Labute approximate surface area is 151 Å². The van der Waals surface area contributed by atoms with E-state index in [2.05, 4.69) is 12.5 Å². The highest BCUT2D eigenvalue weighted by Gasteiger charge is 2.52. The van der Waals surface area contributed by atoms with E-state index < -0.39 is 58.7 Å². The van der Waals surface area contributed by atoms with Crippen molar-refractivity contribution in [2.45, 2.75) is 37.6 Å². The maximum atomic E-state index is 11.2. The van der Waals surface area contributed by atoms with Gasteiger partial charge in [0.1, 0.15) is 12.2 Å². The number of rotatable bonds is 7. The van der Waals surface area contributed by atoms with Gasteiger partial charge in [-0.3, -0.25) is 0 Å². The van der Waals surface area contributed by atoms with Crippen molar-refractivity contribution in [3.63, 3.8) is 0 Å². The third kappa shape index (κ3) is 7.41. The molecule has 0 saturated carbocycles. The summed E-state index contributed by atoms with van der Waals surface area (Å²) in [5.74, 6) is 0. The summed E-state index contributed by atoms with van der Waals surface area (Å²) in [5, 5.41) is 0. The molecule has 0 bridgehead atoms. The first-order valence-electron chi connectivity index (χ1n) is 5.70. The minimum Gasteiger partial charge on any atom is -0.353 e. The average molecular weight is 474 g/mol. The van der Waals surface area contributed by atoms with Gasteiger partial charge in [0.15, 0.2) is 12.4 Å². The van der Waals surface area contributed by atoms with Crippen LogP contribution in [0.5, 0.6) is 0 Å². The van der Waals surface area contributed by atoms with Crippen LogP contribution in [0, 0.1) is 0 Å². The normalized spacial score (nSPS) is 32.6. The minimum absolute atomic E-state index is 1.07. The van der Waals surface area contributed by atoms with Crippen LogP contribution in [0.1, 0.15) is 6.92 Å². The summed E-state index contributed by atoms with van der Waals surface area (Å²) in [7, 11) is 1.90. The van der Waals surface area contributed by atoms with Gasteiger partial charge < -0.3 is 9.47 Å². The largest absolute Gasteiger partial charge is 0.356 e. The lowest BCUT2D eigenvalue weighted by molar-refractivity contribution is -0.268. The highest BCUT2D eigenvalue weighted by Crippen LogP contribution is 2.32. The first-order chi connectivity index (χ1) is 10.6. The molecule has 0 radical (unpaired) electrons. The van der Waals surface area contributed by atoms with Gasteiger partial charge in [-0.25, -0.2) is 12.5 Å². The molecular weight excluding hydrogens is 463 g/mol. The topological polar surface area (TPSA) is 149 Å². The van der Waals surface area contributed by atoms with E-state index in [4.69, 9.17) is 41.5 Å². The summed E-state index contributed by atoms with van der Waals surface area (Å²) < 4.78 is 90.4. The van der Waals surface area contributed by atoms with Crippen LogP contribution in [0.15, 0.2) is 0 Å². The molecule has 0 spiro atoms. The molecule has 1 rings (SSSR count). The van der Waals surface area contributed by atoms with Crippen molar-refractivity contribution < 1.29 is 47.3 Å². The van der Waals surface area contributed by atoms with E-state index in [0.717, 1.165) is 7.11 Å². The lowest BCUT2D eigenvalue weighted by Crippen LogP contribution is -2.60. The zero-order chi connectivity index (χ0) is 18.9. The van der Waals surface area contributed by atoms with Crippen molar-refractivity contribution in [1.82, 2.24) is 0 Å².